The standard InChI is InChI=1S/C12H12F4N2O4S/c13-12(14,15)22-8-1-2-9(17)10(4-8)18-5-7(3-11(18)19)6-23(16,20)21/h1-2,4,7H,3,5-6,17H2. The fourth-order valence-electron chi connectivity index (χ4n) is 2.36. The number of hydrogen-bond acceptors (Lipinski definition) is 5. The molecule has 1 aromatic rings. The van der Waals surface area contributed by atoms with Gasteiger partial charge in [0.2, 0.25) is 5.91 Å². The SMILES string of the molecule is Nc1ccc(OC(F)(F)F)cc1N1CC(CS(=O)(=O)F)CC1=O. The van der Waals surface area contributed by atoms with Crippen LogP contribution in [0, 0.1) is 5.92 Å². The second-order valence-corrected chi connectivity index (χ2v) is 6.46. The summed E-state index contributed by atoms with van der Waals surface area (Å²) in [5.74, 6) is -2.77. The molecule has 0 aromatic heterocycles. The normalized spacial score (nSPS) is 19.2. The number of carbonyl (C=O) groups is 1. The molecule has 0 bridgehead atoms. The second kappa shape index (κ2) is 5.87. The van der Waals surface area contributed by atoms with Crippen LogP contribution in [-0.4, -0.2) is 33.0 Å². The number of nitrogens with zero attached hydrogens (tertiary/aromatic N) is 1. The van der Waals surface area contributed by atoms with E-state index in [2.05, 4.69) is 4.74 Å². The summed E-state index contributed by atoms with van der Waals surface area (Å²) in [6, 6.07) is 3.03. The average Bonchev–Trinajstić information content (AvgIpc) is 2.68. The summed E-state index contributed by atoms with van der Waals surface area (Å²) in [5.41, 5.74) is 5.61. The molecule has 0 saturated carbocycles. The predicted molar refractivity (Wildman–Crippen MR) is 72.9 cm³/mol. The van der Waals surface area contributed by atoms with Crippen molar-refractivity contribution >= 4 is 27.5 Å². The molecular formula is C12H12F4N2O4S. The summed E-state index contributed by atoms with van der Waals surface area (Å²) in [6.45, 7) is -0.165. The third-order valence-corrected chi connectivity index (χ3v) is 4.04. The highest BCUT2D eigenvalue weighted by molar-refractivity contribution is 7.86. The van der Waals surface area contributed by atoms with E-state index >= 15 is 0 Å². The van der Waals surface area contributed by atoms with Gasteiger partial charge in [0, 0.05) is 24.9 Å². The van der Waals surface area contributed by atoms with E-state index in [0.29, 0.717) is 0 Å². The second-order valence-electron chi connectivity index (χ2n) is 5.05. The summed E-state index contributed by atoms with van der Waals surface area (Å²) in [6.07, 6.45) is -5.15. The fraction of sp³-hybridized carbons (Fsp3) is 0.417. The van der Waals surface area contributed by atoms with E-state index in [9.17, 15) is 30.3 Å². The first-order valence-corrected chi connectivity index (χ1v) is 7.88. The third kappa shape index (κ3) is 4.71. The van der Waals surface area contributed by atoms with Crippen LogP contribution in [0.3, 0.4) is 0 Å². The molecule has 1 unspecified atom stereocenters. The quantitative estimate of drug-likeness (QED) is 0.505. The van der Waals surface area contributed by atoms with E-state index in [1.54, 1.807) is 0 Å². The van der Waals surface area contributed by atoms with Gasteiger partial charge >= 0.3 is 16.6 Å². The van der Waals surface area contributed by atoms with Crippen molar-refractivity contribution < 1.29 is 35.0 Å². The van der Waals surface area contributed by atoms with Gasteiger partial charge in [-0.25, -0.2) is 0 Å². The minimum Gasteiger partial charge on any atom is -0.406 e. The first kappa shape index (κ1) is 17.3. The number of ether oxygens (including phenoxy) is 1. The Labute approximate surface area is 129 Å². The van der Waals surface area contributed by atoms with Gasteiger partial charge in [-0.15, -0.1) is 17.1 Å². The van der Waals surface area contributed by atoms with Gasteiger partial charge in [0.15, 0.2) is 0 Å². The molecule has 0 spiro atoms. The topological polar surface area (TPSA) is 89.7 Å². The van der Waals surface area contributed by atoms with Gasteiger partial charge in [-0.2, -0.15) is 8.42 Å². The van der Waals surface area contributed by atoms with Crippen LogP contribution in [0.1, 0.15) is 6.42 Å². The molecule has 1 atom stereocenters. The lowest BCUT2D eigenvalue weighted by molar-refractivity contribution is -0.274. The van der Waals surface area contributed by atoms with Crippen molar-refractivity contribution in [3.63, 3.8) is 0 Å². The zero-order valence-corrected chi connectivity index (χ0v) is 12.3. The lowest BCUT2D eigenvalue weighted by Gasteiger charge is -2.20. The maximum atomic E-state index is 12.7. The number of nitrogen functional groups attached to an aromatic ring is 1. The van der Waals surface area contributed by atoms with Crippen LogP contribution in [0.25, 0.3) is 0 Å². The van der Waals surface area contributed by atoms with Gasteiger partial charge in [-0.1, -0.05) is 0 Å². The lowest BCUT2D eigenvalue weighted by Crippen LogP contribution is -2.26. The molecule has 0 aliphatic carbocycles. The van der Waals surface area contributed by atoms with Crippen molar-refractivity contribution in [3.8, 4) is 5.75 Å². The predicted octanol–water partition coefficient (Wildman–Crippen LogP) is 1.82. The molecule has 2 rings (SSSR count). The van der Waals surface area contributed by atoms with Crippen LogP contribution < -0.4 is 15.4 Å². The van der Waals surface area contributed by atoms with Crippen molar-refractivity contribution in [3.05, 3.63) is 18.2 Å². The van der Waals surface area contributed by atoms with E-state index in [-0.39, 0.29) is 24.3 Å². The van der Waals surface area contributed by atoms with Crippen LogP contribution >= 0.6 is 0 Å². The molecule has 128 valence electrons. The minimum atomic E-state index is -4.91. The number of benzene rings is 1. The molecule has 2 N–H and O–H groups in total. The molecule has 11 heteroatoms. The Bertz CT molecular complexity index is 720. The summed E-state index contributed by atoms with van der Waals surface area (Å²) in [4.78, 5) is 12.9. The van der Waals surface area contributed by atoms with Gasteiger partial charge in [-0.3, -0.25) is 4.79 Å². The molecule has 1 aliphatic heterocycles. The maximum absolute atomic E-state index is 12.7. The number of hydrogen-bond donors (Lipinski definition) is 1. The number of halogens is 4. The van der Waals surface area contributed by atoms with Gasteiger partial charge in [-0.05, 0) is 12.1 Å². The van der Waals surface area contributed by atoms with E-state index in [1.807, 2.05) is 0 Å². The Hall–Kier alpha value is -2.04. The summed E-state index contributed by atoms with van der Waals surface area (Å²) in [7, 11) is -4.76. The molecule has 1 amide bonds. The Morgan fingerprint density at radius 3 is 2.57 bits per heavy atom. The highest BCUT2D eigenvalue weighted by Gasteiger charge is 2.35. The molecule has 1 heterocycles. The van der Waals surface area contributed by atoms with E-state index in [4.69, 9.17) is 5.73 Å². The number of nitrogens with two attached hydrogens (primary N) is 1. The molecule has 0 radical (unpaired) electrons. The number of amides is 1. The number of anilines is 2. The Kier molecular flexibility index (Phi) is 4.42. The third-order valence-electron chi connectivity index (χ3n) is 3.17. The monoisotopic (exact) mass is 356 g/mol. The van der Waals surface area contributed by atoms with Crippen LogP contribution in [0.5, 0.6) is 5.75 Å². The molecule has 1 aliphatic rings. The van der Waals surface area contributed by atoms with Crippen LogP contribution in [0.2, 0.25) is 0 Å². The molecule has 1 saturated heterocycles. The van der Waals surface area contributed by atoms with E-state index in [0.717, 1.165) is 23.1 Å². The largest absolute Gasteiger partial charge is 0.573 e. The van der Waals surface area contributed by atoms with Gasteiger partial charge in [0.1, 0.15) is 5.75 Å². The van der Waals surface area contributed by atoms with Crippen LogP contribution in [-0.2, 0) is 15.0 Å². The first-order valence-electron chi connectivity index (χ1n) is 6.32. The Morgan fingerprint density at radius 1 is 1.35 bits per heavy atom. The highest BCUT2D eigenvalue weighted by Crippen LogP contribution is 2.35. The van der Waals surface area contributed by atoms with Crippen molar-refractivity contribution in [2.75, 3.05) is 22.9 Å². The Morgan fingerprint density at radius 2 is 2.00 bits per heavy atom. The van der Waals surface area contributed by atoms with Crippen molar-refractivity contribution in [2.45, 2.75) is 12.8 Å². The number of alkyl halides is 3. The van der Waals surface area contributed by atoms with Crippen molar-refractivity contribution in [1.82, 2.24) is 0 Å². The summed E-state index contributed by atoms with van der Waals surface area (Å²) < 4.78 is 74.4. The highest BCUT2D eigenvalue weighted by atomic mass is 32.3. The lowest BCUT2D eigenvalue weighted by atomic mass is 10.1. The zero-order chi connectivity index (χ0) is 17.4. The smallest absolute Gasteiger partial charge is 0.406 e. The van der Waals surface area contributed by atoms with Gasteiger partial charge in [0.25, 0.3) is 0 Å². The number of rotatable bonds is 4. The molecule has 1 aromatic carbocycles. The maximum Gasteiger partial charge on any atom is 0.573 e. The molecule has 6 nitrogen and oxygen atoms in total. The van der Waals surface area contributed by atoms with Crippen LogP contribution in [0.15, 0.2) is 18.2 Å². The van der Waals surface area contributed by atoms with Crippen molar-refractivity contribution in [2.24, 2.45) is 5.92 Å². The zero-order valence-electron chi connectivity index (χ0n) is 11.5. The van der Waals surface area contributed by atoms with Gasteiger partial charge in [0.05, 0.1) is 17.1 Å². The van der Waals surface area contributed by atoms with Crippen LogP contribution in [0.4, 0.5) is 28.4 Å². The molecule has 1 fully saturated rings. The summed E-state index contributed by atoms with van der Waals surface area (Å²) >= 11 is 0. The number of carbonyl (C=O) groups excluding carboxylic acids is 1. The van der Waals surface area contributed by atoms with Crippen molar-refractivity contribution in [1.29, 1.82) is 0 Å². The fourth-order valence-corrected chi connectivity index (χ4v) is 3.15. The van der Waals surface area contributed by atoms with E-state index in [1.165, 1.54) is 0 Å². The first-order chi connectivity index (χ1) is 10.4. The van der Waals surface area contributed by atoms with Gasteiger partial charge < -0.3 is 15.4 Å². The Balaban J connectivity index is 2.24. The molecular weight excluding hydrogens is 344 g/mol. The molecule has 23 heavy (non-hydrogen) atoms. The van der Waals surface area contributed by atoms with E-state index < -0.39 is 39.9 Å². The minimum absolute atomic E-state index is 0.0108. The average molecular weight is 356 g/mol. The summed E-state index contributed by atoms with van der Waals surface area (Å²) in [5, 5.41) is 0.